The van der Waals surface area contributed by atoms with E-state index in [1.165, 1.54) is 5.56 Å². The van der Waals surface area contributed by atoms with Crippen LogP contribution in [-0.4, -0.2) is 99.0 Å². The predicted octanol–water partition coefficient (Wildman–Crippen LogP) is 2.92. The Balaban J connectivity index is 1.13. The van der Waals surface area contributed by atoms with Gasteiger partial charge in [-0.3, -0.25) is 14.5 Å². The van der Waals surface area contributed by atoms with Crippen LogP contribution in [0.15, 0.2) is 35.7 Å². The van der Waals surface area contributed by atoms with E-state index in [2.05, 4.69) is 39.5 Å². The quantitative estimate of drug-likeness (QED) is 0.388. The molecule has 0 atom stereocenters. The van der Waals surface area contributed by atoms with Crippen LogP contribution in [0.5, 0.6) is 0 Å². The highest BCUT2D eigenvalue weighted by Crippen LogP contribution is 2.30. The molecule has 2 saturated heterocycles. The molecule has 38 heavy (non-hydrogen) atoms. The number of nitrogens with one attached hydrogen (secondary N) is 1. The fraction of sp³-hybridized carbons (Fsp3) is 0.607. The average molecular weight is 545 g/mol. The zero-order chi connectivity index (χ0) is 26.6. The lowest BCUT2D eigenvalue weighted by molar-refractivity contribution is -0.137. The maximum Gasteiger partial charge on any atom is 0.270 e. The first kappa shape index (κ1) is 28.6. The van der Waals surface area contributed by atoms with Crippen molar-refractivity contribution in [2.24, 2.45) is 0 Å². The second kappa shape index (κ2) is 15.3. The smallest absolute Gasteiger partial charge is 0.270 e. The zero-order valence-corrected chi connectivity index (χ0v) is 23.1. The Morgan fingerprint density at radius 2 is 1.68 bits per heavy atom. The van der Waals surface area contributed by atoms with Crippen molar-refractivity contribution in [3.8, 4) is 0 Å². The molecule has 10 heteroatoms. The average Bonchev–Trinajstić information content (AvgIpc) is 3.45. The van der Waals surface area contributed by atoms with Gasteiger partial charge in [0.25, 0.3) is 5.91 Å². The molecule has 2 aliphatic heterocycles. The fourth-order valence-electron chi connectivity index (χ4n) is 4.90. The van der Waals surface area contributed by atoms with Gasteiger partial charge < -0.3 is 24.4 Å². The molecule has 0 spiro atoms. The molecule has 0 aliphatic carbocycles. The fourth-order valence-corrected chi connectivity index (χ4v) is 5.88. The van der Waals surface area contributed by atoms with Crippen LogP contribution in [0, 0.1) is 0 Å². The minimum Gasteiger partial charge on any atom is -0.382 e. The van der Waals surface area contributed by atoms with Crippen LogP contribution in [0.25, 0.3) is 0 Å². The number of amides is 2. The van der Waals surface area contributed by atoms with Crippen molar-refractivity contribution in [1.82, 2.24) is 20.1 Å². The topological polar surface area (TPSA) is 93.2 Å². The first-order valence-corrected chi connectivity index (χ1v) is 14.4. The molecule has 0 unspecified atom stereocenters. The monoisotopic (exact) mass is 544 g/mol. The van der Waals surface area contributed by atoms with Gasteiger partial charge in [0.1, 0.15) is 12.3 Å². The summed E-state index contributed by atoms with van der Waals surface area (Å²) in [6.45, 7) is 6.27. The SMILES string of the molecule is COCCOCCOCC(=O)N1CCC(c2nc(C(=O)NC3CCN(Cc4ccccc4)CC3)cs2)CC1. The number of carbonyl (C=O) groups excluding carboxylic acids is 2. The van der Waals surface area contributed by atoms with Crippen molar-refractivity contribution in [3.05, 3.63) is 52.0 Å². The molecule has 3 heterocycles. The van der Waals surface area contributed by atoms with E-state index < -0.39 is 0 Å². The summed E-state index contributed by atoms with van der Waals surface area (Å²) in [4.78, 5) is 34.3. The highest BCUT2D eigenvalue weighted by Gasteiger charge is 2.27. The number of piperidine rings is 2. The number of aromatic nitrogens is 1. The Bertz CT molecular complexity index is 988. The molecule has 2 aliphatic rings. The summed E-state index contributed by atoms with van der Waals surface area (Å²) in [5.41, 5.74) is 1.84. The number of ether oxygens (including phenoxy) is 3. The molecule has 1 aromatic carbocycles. The zero-order valence-electron chi connectivity index (χ0n) is 22.3. The largest absolute Gasteiger partial charge is 0.382 e. The van der Waals surface area contributed by atoms with Gasteiger partial charge in [0.15, 0.2) is 0 Å². The molecular weight excluding hydrogens is 504 g/mol. The number of carbonyl (C=O) groups is 2. The lowest BCUT2D eigenvalue weighted by Crippen LogP contribution is -2.44. The molecule has 2 amide bonds. The summed E-state index contributed by atoms with van der Waals surface area (Å²) < 4.78 is 15.7. The third kappa shape index (κ3) is 8.84. The summed E-state index contributed by atoms with van der Waals surface area (Å²) in [5.74, 6) is 0.210. The Morgan fingerprint density at radius 1 is 0.974 bits per heavy atom. The number of methoxy groups -OCH3 is 1. The van der Waals surface area contributed by atoms with Gasteiger partial charge in [-0.15, -0.1) is 11.3 Å². The number of likely N-dealkylation sites (tertiary alicyclic amines) is 2. The molecule has 0 radical (unpaired) electrons. The molecule has 0 bridgehead atoms. The van der Waals surface area contributed by atoms with Crippen molar-refractivity contribution in [2.75, 3.05) is 66.3 Å². The second-order valence-corrected chi connectivity index (χ2v) is 10.8. The van der Waals surface area contributed by atoms with Crippen molar-refractivity contribution in [3.63, 3.8) is 0 Å². The van der Waals surface area contributed by atoms with Gasteiger partial charge in [0.05, 0.1) is 31.4 Å². The number of hydrogen-bond acceptors (Lipinski definition) is 8. The third-order valence-electron chi connectivity index (χ3n) is 7.15. The predicted molar refractivity (Wildman–Crippen MR) is 146 cm³/mol. The van der Waals surface area contributed by atoms with Crippen molar-refractivity contribution in [2.45, 2.75) is 44.2 Å². The van der Waals surface area contributed by atoms with Crippen molar-refractivity contribution >= 4 is 23.2 Å². The van der Waals surface area contributed by atoms with E-state index in [4.69, 9.17) is 14.2 Å². The molecule has 2 fully saturated rings. The highest BCUT2D eigenvalue weighted by molar-refractivity contribution is 7.09. The van der Waals surface area contributed by atoms with E-state index in [0.717, 1.165) is 50.3 Å². The summed E-state index contributed by atoms with van der Waals surface area (Å²) in [6.07, 6.45) is 3.60. The van der Waals surface area contributed by atoms with Crippen LogP contribution < -0.4 is 5.32 Å². The van der Waals surface area contributed by atoms with E-state index >= 15 is 0 Å². The molecule has 9 nitrogen and oxygen atoms in total. The van der Waals surface area contributed by atoms with Gasteiger partial charge >= 0.3 is 0 Å². The van der Waals surface area contributed by atoms with Gasteiger partial charge in [-0.1, -0.05) is 30.3 Å². The Hall–Kier alpha value is -2.37. The van der Waals surface area contributed by atoms with Crippen LogP contribution in [0.3, 0.4) is 0 Å². The third-order valence-corrected chi connectivity index (χ3v) is 8.16. The molecule has 4 rings (SSSR count). The number of nitrogens with zero attached hydrogens (tertiary/aromatic N) is 3. The van der Waals surface area contributed by atoms with E-state index in [1.54, 1.807) is 18.4 Å². The first-order chi connectivity index (χ1) is 18.6. The van der Waals surface area contributed by atoms with E-state index in [-0.39, 0.29) is 30.4 Å². The minimum absolute atomic E-state index is 0.00867. The standard InChI is InChI=1S/C28H40N4O5S/c1-35-15-16-36-17-18-37-20-26(33)32-13-7-23(8-14-32)28-30-25(21-38-28)27(34)29-24-9-11-31(12-10-24)19-22-5-3-2-4-6-22/h2-6,21,23-24H,7-20H2,1H3,(H,29,34). The maximum atomic E-state index is 12.9. The molecular formula is C28H40N4O5S. The van der Waals surface area contributed by atoms with Gasteiger partial charge in [0, 0.05) is 57.2 Å². The summed E-state index contributed by atoms with van der Waals surface area (Å²) in [6, 6.07) is 10.7. The summed E-state index contributed by atoms with van der Waals surface area (Å²) in [5, 5.41) is 6.05. The molecule has 1 N–H and O–H groups in total. The van der Waals surface area contributed by atoms with Gasteiger partial charge in [-0.25, -0.2) is 4.98 Å². The maximum absolute atomic E-state index is 12.9. The minimum atomic E-state index is -0.0787. The Kier molecular flexibility index (Phi) is 11.5. The van der Waals surface area contributed by atoms with Crippen LogP contribution >= 0.6 is 11.3 Å². The van der Waals surface area contributed by atoms with Crippen LogP contribution in [0.4, 0.5) is 0 Å². The van der Waals surface area contributed by atoms with Crippen LogP contribution in [0.2, 0.25) is 0 Å². The molecule has 1 aromatic heterocycles. The molecule has 208 valence electrons. The van der Waals surface area contributed by atoms with Gasteiger partial charge in [0.2, 0.25) is 5.91 Å². The van der Waals surface area contributed by atoms with Crippen molar-refractivity contribution in [1.29, 1.82) is 0 Å². The van der Waals surface area contributed by atoms with Crippen molar-refractivity contribution < 1.29 is 23.8 Å². The number of hydrogen-bond donors (Lipinski definition) is 1. The van der Waals surface area contributed by atoms with E-state index in [1.807, 2.05) is 16.3 Å². The van der Waals surface area contributed by atoms with Gasteiger partial charge in [-0.2, -0.15) is 0 Å². The number of benzene rings is 1. The number of rotatable bonds is 13. The lowest BCUT2D eigenvalue weighted by atomic mass is 9.97. The van der Waals surface area contributed by atoms with Gasteiger partial charge in [-0.05, 0) is 31.2 Å². The summed E-state index contributed by atoms with van der Waals surface area (Å²) >= 11 is 1.55. The van der Waals surface area contributed by atoms with E-state index in [9.17, 15) is 9.59 Å². The Morgan fingerprint density at radius 3 is 2.42 bits per heavy atom. The molecule has 0 saturated carbocycles. The molecule has 2 aromatic rings. The first-order valence-electron chi connectivity index (χ1n) is 13.6. The van der Waals surface area contributed by atoms with Crippen LogP contribution in [0.1, 0.15) is 52.7 Å². The summed E-state index contributed by atoms with van der Waals surface area (Å²) in [7, 11) is 1.63. The lowest BCUT2D eigenvalue weighted by Gasteiger charge is -2.32. The van der Waals surface area contributed by atoms with E-state index in [0.29, 0.717) is 45.2 Å². The normalized spacial score (nSPS) is 17.6. The highest BCUT2D eigenvalue weighted by atomic mass is 32.1. The second-order valence-electron chi connectivity index (χ2n) is 9.89. The number of thiazole rings is 1. The Labute approximate surface area is 229 Å². The van der Waals surface area contributed by atoms with Crippen LogP contribution in [-0.2, 0) is 25.5 Å².